The Morgan fingerprint density at radius 3 is 2.07 bits per heavy atom. The Morgan fingerprint density at radius 1 is 1.13 bits per heavy atom. The standard InChI is InChI=1S/C11H27NO2Si/c1-6-13-11(14-7-2)15-9-8-10(3)12(4)5/h10-11H,6-9,15H2,1-5H3. The van der Waals surface area contributed by atoms with Crippen molar-refractivity contribution in [3.63, 3.8) is 0 Å². The smallest absolute Gasteiger partial charge is 0.134 e. The van der Waals surface area contributed by atoms with Gasteiger partial charge in [0.2, 0.25) is 0 Å². The van der Waals surface area contributed by atoms with Crippen LogP contribution >= 0.6 is 0 Å². The summed E-state index contributed by atoms with van der Waals surface area (Å²) in [6.45, 7) is 7.86. The Bertz CT molecular complexity index is 139. The van der Waals surface area contributed by atoms with Gasteiger partial charge in [-0.2, -0.15) is 0 Å². The van der Waals surface area contributed by atoms with E-state index in [1.165, 1.54) is 12.5 Å². The highest BCUT2D eigenvalue weighted by atomic mass is 28.2. The summed E-state index contributed by atoms with van der Waals surface area (Å²) in [5.41, 5.74) is 0. The van der Waals surface area contributed by atoms with Crippen LogP contribution in [0.5, 0.6) is 0 Å². The first-order chi connectivity index (χ1) is 7.11. The maximum atomic E-state index is 5.55. The molecule has 0 aromatic carbocycles. The molecule has 0 saturated carbocycles. The number of hydrogen-bond acceptors (Lipinski definition) is 3. The summed E-state index contributed by atoms with van der Waals surface area (Å²) in [5, 5.41) is 0. The fraction of sp³-hybridized carbons (Fsp3) is 1.00. The van der Waals surface area contributed by atoms with Crippen LogP contribution < -0.4 is 0 Å². The molecule has 1 atom stereocenters. The first kappa shape index (κ1) is 15.1. The quantitative estimate of drug-likeness (QED) is 0.442. The van der Waals surface area contributed by atoms with Gasteiger partial charge in [0.25, 0.3) is 0 Å². The molecule has 0 bridgehead atoms. The fourth-order valence-corrected chi connectivity index (χ4v) is 3.39. The molecular formula is C11H27NO2Si. The van der Waals surface area contributed by atoms with Crippen molar-refractivity contribution in [2.45, 2.75) is 45.2 Å². The van der Waals surface area contributed by atoms with Gasteiger partial charge in [0.1, 0.15) is 5.91 Å². The third-order valence-electron chi connectivity index (χ3n) is 2.65. The van der Waals surface area contributed by atoms with Gasteiger partial charge < -0.3 is 14.4 Å². The van der Waals surface area contributed by atoms with E-state index in [0.29, 0.717) is 6.04 Å². The zero-order valence-corrected chi connectivity index (χ0v) is 12.4. The molecule has 15 heavy (non-hydrogen) atoms. The van der Waals surface area contributed by atoms with E-state index in [1.54, 1.807) is 0 Å². The minimum absolute atomic E-state index is 0.134. The van der Waals surface area contributed by atoms with Crippen LogP contribution in [0.4, 0.5) is 0 Å². The topological polar surface area (TPSA) is 21.7 Å². The predicted octanol–water partition coefficient (Wildman–Crippen LogP) is 1.27. The van der Waals surface area contributed by atoms with Crippen LogP contribution in [-0.2, 0) is 9.47 Å². The molecule has 0 fully saturated rings. The molecule has 0 rings (SSSR count). The molecule has 92 valence electrons. The van der Waals surface area contributed by atoms with E-state index in [0.717, 1.165) is 13.2 Å². The molecular weight excluding hydrogens is 206 g/mol. The Labute approximate surface area is 96.9 Å². The SMILES string of the molecule is CCOC(OCC)[SiH2]CCC(C)N(C)C. The maximum Gasteiger partial charge on any atom is 0.134 e. The van der Waals surface area contributed by atoms with Gasteiger partial charge in [0.15, 0.2) is 0 Å². The van der Waals surface area contributed by atoms with E-state index < -0.39 is 0 Å². The van der Waals surface area contributed by atoms with Gasteiger partial charge in [-0.15, -0.1) is 0 Å². The number of ether oxygens (including phenoxy) is 2. The highest BCUT2D eigenvalue weighted by Gasteiger charge is 2.10. The van der Waals surface area contributed by atoms with Crippen molar-refractivity contribution in [2.75, 3.05) is 27.3 Å². The number of nitrogens with zero attached hydrogens (tertiary/aromatic N) is 1. The lowest BCUT2D eigenvalue weighted by atomic mass is 10.2. The van der Waals surface area contributed by atoms with Gasteiger partial charge in [-0.05, 0) is 41.3 Å². The van der Waals surface area contributed by atoms with Crippen molar-refractivity contribution in [1.29, 1.82) is 0 Å². The minimum atomic E-state index is -0.243. The van der Waals surface area contributed by atoms with Crippen LogP contribution in [0.1, 0.15) is 27.2 Å². The second-order valence-electron chi connectivity index (χ2n) is 4.08. The number of rotatable bonds is 9. The number of hydrogen-bond donors (Lipinski definition) is 0. The van der Waals surface area contributed by atoms with Crippen LogP contribution in [0.2, 0.25) is 6.04 Å². The predicted molar refractivity (Wildman–Crippen MR) is 68.2 cm³/mol. The Kier molecular flexibility index (Phi) is 9.39. The average Bonchev–Trinajstić information content (AvgIpc) is 2.18. The van der Waals surface area contributed by atoms with Crippen molar-refractivity contribution < 1.29 is 9.47 Å². The van der Waals surface area contributed by atoms with Gasteiger partial charge in [-0.25, -0.2) is 0 Å². The molecule has 0 spiro atoms. The summed E-state index contributed by atoms with van der Waals surface area (Å²) >= 11 is 0. The molecule has 4 heteroatoms. The van der Waals surface area contributed by atoms with Crippen molar-refractivity contribution in [3.8, 4) is 0 Å². The Hall–Kier alpha value is 0.0969. The summed E-state index contributed by atoms with van der Waals surface area (Å²) in [6.07, 6.45) is 1.26. The van der Waals surface area contributed by atoms with Crippen molar-refractivity contribution in [1.82, 2.24) is 4.90 Å². The largest absolute Gasteiger partial charge is 0.357 e. The molecule has 0 aromatic rings. The second kappa shape index (κ2) is 9.33. The lowest BCUT2D eigenvalue weighted by Crippen LogP contribution is -2.28. The molecule has 0 N–H and O–H groups in total. The van der Waals surface area contributed by atoms with Gasteiger partial charge in [0.05, 0.1) is 9.52 Å². The van der Waals surface area contributed by atoms with Crippen molar-refractivity contribution >= 4 is 9.52 Å². The molecule has 3 nitrogen and oxygen atoms in total. The van der Waals surface area contributed by atoms with Crippen molar-refractivity contribution in [2.24, 2.45) is 0 Å². The second-order valence-corrected chi connectivity index (χ2v) is 6.03. The highest BCUT2D eigenvalue weighted by Crippen LogP contribution is 2.05. The lowest BCUT2D eigenvalue weighted by Gasteiger charge is -2.21. The zero-order chi connectivity index (χ0) is 11.7. The molecule has 0 aliphatic carbocycles. The molecule has 1 unspecified atom stereocenters. The van der Waals surface area contributed by atoms with E-state index in [1.807, 2.05) is 13.8 Å². The third kappa shape index (κ3) is 7.96. The molecule has 0 aliphatic rings. The van der Waals surface area contributed by atoms with E-state index in [-0.39, 0.29) is 15.4 Å². The van der Waals surface area contributed by atoms with E-state index >= 15 is 0 Å². The molecule has 0 saturated heterocycles. The fourth-order valence-electron chi connectivity index (χ4n) is 1.42. The van der Waals surface area contributed by atoms with Crippen LogP contribution in [0, 0.1) is 0 Å². The third-order valence-corrected chi connectivity index (χ3v) is 4.41. The first-order valence-electron chi connectivity index (χ1n) is 6.01. The van der Waals surface area contributed by atoms with E-state index in [2.05, 4.69) is 25.9 Å². The van der Waals surface area contributed by atoms with Crippen LogP contribution in [0.3, 0.4) is 0 Å². The lowest BCUT2D eigenvalue weighted by molar-refractivity contribution is -0.0828. The molecule has 0 amide bonds. The van der Waals surface area contributed by atoms with E-state index in [9.17, 15) is 0 Å². The van der Waals surface area contributed by atoms with Crippen molar-refractivity contribution in [3.05, 3.63) is 0 Å². The van der Waals surface area contributed by atoms with Gasteiger partial charge in [-0.1, -0.05) is 6.04 Å². The molecule has 0 aromatic heterocycles. The van der Waals surface area contributed by atoms with Crippen LogP contribution in [0.15, 0.2) is 0 Å². The first-order valence-corrected chi connectivity index (χ1v) is 7.83. The monoisotopic (exact) mass is 233 g/mol. The molecule has 0 aliphatic heterocycles. The minimum Gasteiger partial charge on any atom is -0.357 e. The summed E-state index contributed by atoms with van der Waals surface area (Å²) in [5.74, 6) is 0.134. The van der Waals surface area contributed by atoms with Gasteiger partial charge >= 0.3 is 0 Å². The average molecular weight is 233 g/mol. The maximum absolute atomic E-state index is 5.55. The van der Waals surface area contributed by atoms with Gasteiger partial charge in [0, 0.05) is 19.3 Å². The Balaban J connectivity index is 3.60. The molecule has 0 heterocycles. The summed E-state index contributed by atoms with van der Waals surface area (Å²) in [4.78, 5) is 2.27. The van der Waals surface area contributed by atoms with Gasteiger partial charge in [-0.3, -0.25) is 0 Å². The Morgan fingerprint density at radius 2 is 1.67 bits per heavy atom. The van der Waals surface area contributed by atoms with Crippen LogP contribution in [0.25, 0.3) is 0 Å². The van der Waals surface area contributed by atoms with Crippen LogP contribution in [-0.4, -0.2) is 53.7 Å². The summed E-state index contributed by atoms with van der Waals surface area (Å²) in [6, 6.07) is 1.96. The summed E-state index contributed by atoms with van der Waals surface area (Å²) < 4.78 is 11.1. The molecule has 0 radical (unpaired) electrons. The normalized spacial score (nSPS) is 14.6. The van der Waals surface area contributed by atoms with E-state index in [4.69, 9.17) is 9.47 Å². The summed E-state index contributed by atoms with van der Waals surface area (Å²) in [7, 11) is 4.02. The zero-order valence-electron chi connectivity index (χ0n) is 11.0. The highest BCUT2D eigenvalue weighted by molar-refractivity contribution is 6.36.